The number of amides is 1. The summed E-state index contributed by atoms with van der Waals surface area (Å²) >= 11 is 0. The molecule has 172 valence electrons. The molecule has 0 aliphatic carbocycles. The molecule has 0 radical (unpaired) electrons. The molecule has 2 fully saturated rings. The second-order valence-electron chi connectivity index (χ2n) is 8.22. The Morgan fingerprint density at radius 3 is 2.65 bits per heavy atom. The minimum absolute atomic E-state index is 0.141. The summed E-state index contributed by atoms with van der Waals surface area (Å²) in [6, 6.07) is 7.28. The van der Waals surface area contributed by atoms with E-state index in [2.05, 4.69) is 27.4 Å². The Labute approximate surface area is 185 Å². The van der Waals surface area contributed by atoms with Crippen LogP contribution in [0.2, 0.25) is 0 Å². The van der Waals surface area contributed by atoms with Crippen molar-refractivity contribution in [3.05, 3.63) is 30.1 Å². The zero-order valence-corrected chi connectivity index (χ0v) is 18.9. The summed E-state index contributed by atoms with van der Waals surface area (Å²) in [5.74, 6) is 0.919. The second kappa shape index (κ2) is 11.9. The topological polar surface area (TPSA) is 63.2 Å². The van der Waals surface area contributed by atoms with Crippen LogP contribution in [0.15, 0.2) is 29.3 Å². The molecule has 0 saturated carbocycles. The molecule has 8 heteroatoms. The van der Waals surface area contributed by atoms with Gasteiger partial charge in [-0.25, -0.2) is 4.39 Å². The molecular formula is C23H37FN6O. The van der Waals surface area contributed by atoms with Crippen molar-refractivity contribution >= 4 is 17.6 Å². The zero-order valence-electron chi connectivity index (χ0n) is 18.9. The van der Waals surface area contributed by atoms with Gasteiger partial charge in [0.1, 0.15) is 5.82 Å². The number of halogens is 1. The number of hydrogen-bond donors (Lipinski definition) is 2. The highest BCUT2D eigenvalue weighted by molar-refractivity contribution is 5.80. The van der Waals surface area contributed by atoms with Crippen LogP contribution in [0.25, 0.3) is 0 Å². The van der Waals surface area contributed by atoms with Crippen molar-refractivity contribution in [2.24, 2.45) is 4.99 Å². The summed E-state index contributed by atoms with van der Waals surface area (Å²) in [6.45, 7) is 11.7. The lowest BCUT2D eigenvalue weighted by Gasteiger charge is -2.36. The highest BCUT2D eigenvalue weighted by Gasteiger charge is 2.25. The fourth-order valence-corrected chi connectivity index (χ4v) is 4.25. The lowest BCUT2D eigenvalue weighted by Crippen LogP contribution is -2.47. The van der Waals surface area contributed by atoms with Crippen LogP contribution in [0, 0.1) is 5.82 Å². The van der Waals surface area contributed by atoms with Gasteiger partial charge in [0.2, 0.25) is 5.91 Å². The predicted molar refractivity (Wildman–Crippen MR) is 124 cm³/mol. The number of benzene rings is 1. The molecular weight excluding hydrogens is 395 g/mol. The van der Waals surface area contributed by atoms with E-state index in [1.807, 2.05) is 24.0 Å². The van der Waals surface area contributed by atoms with Crippen LogP contribution in [0.1, 0.15) is 33.1 Å². The Hall–Kier alpha value is -2.35. The van der Waals surface area contributed by atoms with Crippen molar-refractivity contribution < 1.29 is 9.18 Å². The number of rotatable bonds is 8. The zero-order chi connectivity index (χ0) is 22.1. The van der Waals surface area contributed by atoms with E-state index < -0.39 is 0 Å². The average molecular weight is 433 g/mol. The average Bonchev–Trinajstić information content (AvgIpc) is 3.25. The fourth-order valence-electron chi connectivity index (χ4n) is 4.25. The Balaban J connectivity index is 1.38. The number of para-hydroxylation sites is 1. The summed E-state index contributed by atoms with van der Waals surface area (Å²) in [5.41, 5.74) is 0.708. The number of carbonyl (C=O) groups is 1. The van der Waals surface area contributed by atoms with Gasteiger partial charge < -0.3 is 20.4 Å². The van der Waals surface area contributed by atoms with Crippen molar-refractivity contribution in [1.29, 1.82) is 0 Å². The third-order valence-corrected chi connectivity index (χ3v) is 6.00. The van der Waals surface area contributed by atoms with E-state index >= 15 is 0 Å². The van der Waals surface area contributed by atoms with Gasteiger partial charge in [0.15, 0.2) is 5.96 Å². The summed E-state index contributed by atoms with van der Waals surface area (Å²) in [4.78, 5) is 23.1. The summed E-state index contributed by atoms with van der Waals surface area (Å²) in [6.07, 6.45) is 2.51. The van der Waals surface area contributed by atoms with E-state index in [4.69, 9.17) is 4.99 Å². The summed E-state index contributed by atoms with van der Waals surface area (Å²) in [7, 11) is 0. The smallest absolute Gasteiger partial charge is 0.222 e. The highest BCUT2D eigenvalue weighted by atomic mass is 19.1. The second-order valence-corrected chi connectivity index (χ2v) is 8.22. The van der Waals surface area contributed by atoms with E-state index in [1.165, 1.54) is 6.07 Å². The van der Waals surface area contributed by atoms with Crippen molar-refractivity contribution in [1.82, 2.24) is 20.4 Å². The molecule has 1 aromatic rings. The normalized spacial score (nSPS) is 20.2. The van der Waals surface area contributed by atoms with Crippen LogP contribution in [0.4, 0.5) is 10.1 Å². The van der Waals surface area contributed by atoms with E-state index in [0.29, 0.717) is 12.1 Å². The molecule has 2 aliphatic rings. The van der Waals surface area contributed by atoms with Gasteiger partial charge in [0.05, 0.1) is 5.69 Å². The lowest BCUT2D eigenvalue weighted by atomic mass is 10.2. The first-order valence-corrected chi connectivity index (χ1v) is 11.6. The Morgan fingerprint density at radius 1 is 1.16 bits per heavy atom. The molecule has 1 atom stereocenters. The molecule has 2 saturated heterocycles. The number of guanidine groups is 1. The van der Waals surface area contributed by atoms with Gasteiger partial charge in [-0.15, -0.1) is 0 Å². The molecule has 0 aromatic heterocycles. The fraction of sp³-hybridized carbons (Fsp3) is 0.652. The quantitative estimate of drug-likeness (QED) is 0.373. The molecule has 1 amide bonds. The molecule has 0 bridgehead atoms. The van der Waals surface area contributed by atoms with Crippen LogP contribution in [-0.2, 0) is 4.79 Å². The number of piperazine rings is 1. The Bertz CT molecular complexity index is 735. The molecule has 3 rings (SSSR count). The number of anilines is 1. The van der Waals surface area contributed by atoms with E-state index in [0.717, 1.165) is 77.7 Å². The van der Waals surface area contributed by atoms with Crippen LogP contribution >= 0.6 is 0 Å². The third-order valence-electron chi connectivity index (χ3n) is 6.00. The van der Waals surface area contributed by atoms with Gasteiger partial charge >= 0.3 is 0 Å². The maximum Gasteiger partial charge on any atom is 0.222 e. The summed E-state index contributed by atoms with van der Waals surface area (Å²) in [5, 5.41) is 6.80. The molecule has 7 nitrogen and oxygen atoms in total. The highest BCUT2D eigenvalue weighted by Crippen LogP contribution is 2.20. The number of nitrogens with zero attached hydrogens (tertiary/aromatic N) is 4. The summed E-state index contributed by atoms with van der Waals surface area (Å²) < 4.78 is 14.0. The first-order chi connectivity index (χ1) is 15.1. The Kier molecular flexibility index (Phi) is 8.94. The van der Waals surface area contributed by atoms with Gasteiger partial charge in [-0.3, -0.25) is 14.7 Å². The third kappa shape index (κ3) is 6.82. The lowest BCUT2D eigenvalue weighted by molar-refractivity contribution is -0.129. The molecule has 31 heavy (non-hydrogen) atoms. The van der Waals surface area contributed by atoms with Crippen LogP contribution in [0.3, 0.4) is 0 Å². The molecule has 2 N–H and O–H groups in total. The molecule has 1 unspecified atom stereocenters. The molecule has 2 aliphatic heterocycles. The number of nitrogens with one attached hydrogen (secondary N) is 2. The van der Waals surface area contributed by atoms with Crippen molar-refractivity contribution in [3.8, 4) is 0 Å². The monoisotopic (exact) mass is 432 g/mol. The van der Waals surface area contributed by atoms with E-state index in [1.54, 1.807) is 6.07 Å². The standard InChI is InChI=1S/C23H37FN6O/c1-3-22(31)30-13-10-19(18-30)27-23(25-4-2)26-11-7-12-28-14-16-29(17-15-28)21-9-6-5-8-20(21)24/h5-6,8-9,19H,3-4,7,10-18H2,1-2H3,(H2,25,26,27). The molecule has 1 aromatic carbocycles. The number of likely N-dealkylation sites (tertiary alicyclic amines) is 1. The van der Waals surface area contributed by atoms with Gasteiger partial charge in [-0.2, -0.15) is 0 Å². The number of aliphatic imine (C=N–C) groups is 1. The van der Waals surface area contributed by atoms with Crippen LogP contribution < -0.4 is 15.5 Å². The maximum atomic E-state index is 14.0. The first kappa shape index (κ1) is 23.3. The molecule has 0 spiro atoms. The van der Waals surface area contributed by atoms with Crippen molar-refractivity contribution in [2.75, 3.05) is 63.8 Å². The predicted octanol–water partition coefficient (Wildman–Crippen LogP) is 1.90. The molecule has 2 heterocycles. The van der Waals surface area contributed by atoms with E-state index in [-0.39, 0.29) is 17.8 Å². The van der Waals surface area contributed by atoms with Crippen LogP contribution in [0.5, 0.6) is 0 Å². The van der Waals surface area contributed by atoms with E-state index in [9.17, 15) is 9.18 Å². The number of hydrogen-bond acceptors (Lipinski definition) is 4. The number of carbonyl (C=O) groups excluding carboxylic acids is 1. The van der Waals surface area contributed by atoms with Crippen molar-refractivity contribution in [3.63, 3.8) is 0 Å². The van der Waals surface area contributed by atoms with Crippen LogP contribution in [-0.4, -0.2) is 86.6 Å². The SMILES string of the molecule is CCNC(=NCCCN1CCN(c2ccccc2F)CC1)NC1CCN(C(=O)CC)C1. The van der Waals surface area contributed by atoms with Gasteiger partial charge in [0.25, 0.3) is 0 Å². The maximum absolute atomic E-state index is 14.0. The van der Waals surface area contributed by atoms with Gasteiger partial charge in [-0.1, -0.05) is 19.1 Å². The minimum atomic E-state index is -0.141. The minimum Gasteiger partial charge on any atom is -0.367 e. The van der Waals surface area contributed by atoms with Crippen molar-refractivity contribution in [2.45, 2.75) is 39.2 Å². The first-order valence-electron chi connectivity index (χ1n) is 11.6. The Morgan fingerprint density at radius 2 is 1.94 bits per heavy atom. The van der Waals surface area contributed by atoms with Gasteiger partial charge in [-0.05, 0) is 31.9 Å². The largest absolute Gasteiger partial charge is 0.367 e. The van der Waals surface area contributed by atoms with Gasteiger partial charge in [0, 0.05) is 71.4 Å².